The molecule has 2 atom stereocenters. The molecule has 0 bridgehead atoms. The molecule has 2 nitrogen and oxygen atoms in total. The largest absolute Gasteiger partial charge is 0.396 e. The van der Waals surface area contributed by atoms with E-state index in [-0.39, 0.29) is 17.8 Å². The molecule has 0 spiro atoms. The van der Waals surface area contributed by atoms with E-state index in [0.29, 0.717) is 12.5 Å². The summed E-state index contributed by atoms with van der Waals surface area (Å²) in [4.78, 5) is 0. The first-order valence-corrected chi connectivity index (χ1v) is 4.51. The highest BCUT2D eigenvalue weighted by atomic mass is 35.5. The molecule has 0 unspecified atom stereocenters. The van der Waals surface area contributed by atoms with E-state index < -0.39 is 0 Å². The topological polar surface area (TPSA) is 46.2 Å². The Morgan fingerprint density at radius 3 is 2.75 bits per heavy atom. The van der Waals surface area contributed by atoms with Crippen LogP contribution in [0.1, 0.15) is 32.6 Å². The maximum Gasteiger partial charge on any atom is 0.0484 e. The van der Waals surface area contributed by atoms with Crippen LogP contribution >= 0.6 is 12.4 Å². The summed E-state index contributed by atoms with van der Waals surface area (Å²) >= 11 is 0. The molecule has 0 radical (unpaired) electrons. The van der Waals surface area contributed by atoms with Crippen LogP contribution in [0.4, 0.5) is 0 Å². The van der Waals surface area contributed by atoms with Crippen LogP contribution in [-0.2, 0) is 0 Å². The molecule has 0 saturated heterocycles. The Balaban J connectivity index is 0.00000121. The van der Waals surface area contributed by atoms with E-state index in [1.807, 2.05) is 0 Å². The summed E-state index contributed by atoms with van der Waals surface area (Å²) in [5.74, 6) is 0.654. The van der Waals surface area contributed by atoms with Gasteiger partial charge >= 0.3 is 0 Å². The van der Waals surface area contributed by atoms with Gasteiger partial charge in [0.2, 0.25) is 0 Å². The van der Waals surface area contributed by atoms with Crippen LogP contribution in [0.2, 0.25) is 0 Å². The molecule has 3 heteroatoms. The molecule has 1 aliphatic rings. The summed E-state index contributed by atoms with van der Waals surface area (Å²) < 4.78 is 0. The fourth-order valence-electron chi connectivity index (χ4n) is 2.06. The number of halogens is 1. The van der Waals surface area contributed by atoms with Crippen LogP contribution in [0.5, 0.6) is 0 Å². The van der Waals surface area contributed by atoms with Gasteiger partial charge in [-0.25, -0.2) is 0 Å². The number of aliphatic hydroxyl groups excluding tert-OH is 1. The predicted molar refractivity (Wildman–Crippen MR) is 53.5 cm³/mol. The highest BCUT2D eigenvalue weighted by molar-refractivity contribution is 5.85. The van der Waals surface area contributed by atoms with Crippen molar-refractivity contribution in [2.45, 2.75) is 32.6 Å². The van der Waals surface area contributed by atoms with Crippen LogP contribution < -0.4 is 5.73 Å². The summed E-state index contributed by atoms with van der Waals surface area (Å²) in [5, 5.41) is 9.12. The zero-order valence-electron chi connectivity index (χ0n) is 7.75. The minimum absolute atomic E-state index is 0. The van der Waals surface area contributed by atoms with E-state index in [2.05, 4.69) is 6.92 Å². The van der Waals surface area contributed by atoms with Gasteiger partial charge in [0.05, 0.1) is 0 Å². The summed E-state index contributed by atoms with van der Waals surface area (Å²) in [6, 6.07) is 0. The van der Waals surface area contributed by atoms with E-state index in [1.165, 1.54) is 19.3 Å². The number of nitrogens with two attached hydrogens (primary N) is 1. The first kappa shape index (κ1) is 12.2. The monoisotopic (exact) mass is 193 g/mol. The quantitative estimate of drug-likeness (QED) is 0.699. The molecule has 1 aliphatic carbocycles. The van der Waals surface area contributed by atoms with Gasteiger partial charge in [-0.15, -0.1) is 12.4 Å². The highest BCUT2D eigenvalue weighted by Gasteiger charge is 2.30. The van der Waals surface area contributed by atoms with Gasteiger partial charge in [0.1, 0.15) is 0 Å². The zero-order chi connectivity index (χ0) is 8.32. The number of aliphatic hydroxyl groups is 1. The van der Waals surface area contributed by atoms with Crippen molar-refractivity contribution < 1.29 is 5.11 Å². The lowest BCUT2D eigenvalue weighted by Crippen LogP contribution is -2.32. The normalized spacial score (nSPS) is 35.8. The Morgan fingerprint density at radius 1 is 1.58 bits per heavy atom. The van der Waals surface area contributed by atoms with Gasteiger partial charge in [-0.05, 0) is 37.1 Å². The number of hydrogen-bond donors (Lipinski definition) is 2. The standard InChI is InChI=1S/C9H19NO.ClH/c1-9(7-11)4-2-3-8(5-9)6-10;/h8,11H,2-7,10H2,1H3;1H/t8-,9+;/m0./s1. The minimum Gasteiger partial charge on any atom is -0.396 e. The van der Waals surface area contributed by atoms with E-state index in [0.717, 1.165) is 13.0 Å². The SMILES string of the molecule is C[C@@]1(CO)CCC[C@H](CN)C1.Cl. The van der Waals surface area contributed by atoms with Crippen molar-refractivity contribution in [2.75, 3.05) is 13.2 Å². The van der Waals surface area contributed by atoms with Crippen molar-refractivity contribution >= 4 is 12.4 Å². The lowest BCUT2D eigenvalue weighted by atomic mass is 9.71. The second kappa shape index (κ2) is 5.05. The molecular weight excluding hydrogens is 174 g/mol. The highest BCUT2D eigenvalue weighted by Crippen LogP contribution is 2.37. The third kappa shape index (κ3) is 2.92. The van der Waals surface area contributed by atoms with Gasteiger partial charge in [0, 0.05) is 6.61 Å². The first-order chi connectivity index (χ1) is 5.20. The molecule has 1 saturated carbocycles. The third-order valence-corrected chi connectivity index (χ3v) is 2.89. The smallest absolute Gasteiger partial charge is 0.0484 e. The third-order valence-electron chi connectivity index (χ3n) is 2.89. The molecule has 0 amide bonds. The van der Waals surface area contributed by atoms with Gasteiger partial charge in [-0.2, -0.15) is 0 Å². The van der Waals surface area contributed by atoms with Crippen molar-refractivity contribution in [3.63, 3.8) is 0 Å². The van der Waals surface area contributed by atoms with Gasteiger partial charge in [0.15, 0.2) is 0 Å². The van der Waals surface area contributed by atoms with Gasteiger partial charge in [-0.3, -0.25) is 0 Å². The number of hydrogen-bond acceptors (Lipinski definition) is 2. The molecule has 0 aromatic carbocycles. The number of rotatable bonds is 2. The fourth-order valence-corrected chi connectivity index (χ4v) is 2.06. The van der Waals surface area contributed by atoms with Crippen molar-refractivity contribution in [3.05, 3.63) is 0 Å². The van der Waals surface area contributed by atoms with Crippen LogP contribution in [0, 0.1) is 11.3 Å². The Labute approximate surface area is 80.9 Å². The summed E-state index contributed by atoms with van der Waals surface area (Å²) in [6.07, 6.45) is 4.77. The summed E-state index contributed by atoms with van der Waals surface area (Å²) in [6.45, 7) is 3.27. The second-order valence-corrected chi connectivity index (χ2v) is 4.17. The van der Waals surface area contributed by atoms with E-state index in [4.69, 9.17) is 10.8 Å². The molecule has 1 fully saturated rings. The average molecular weight is 194 g/mol. The molecular formula is C9H20ClNO. The van der Waals surface area contributed by atoms with Crippen LogP contribution in [0.3, 0.4) is 0 Å². The van der Waals surface area contributed by atoms with Gasteiger partial charge in [0.25, 0.3) is 0 Å². The molecule has 1 rings (SSSR count). The first-order valence-electron chi connectivity index (χ1n) is 4.51. The lowest BCUT2D eigenvalue weighted by Gasteiger charge is -2.36. The Morgan fingerprint density at radius 2 is 2.25 bits per heavy atom. The second-order valence-electron chi connectivity index (χ2n) is 4.17. The molecule has 0 aromatic heterocycles. The summed E-state index contributed by atoms with van der Waals surface area (Å²) in [7, 11) is 0. The molecule has 0 aromatic rings. The van der Waals surface area contributed by atoms with Crippen molar-refractivity contribution in [1.82, 2.24) is 0 Å². The molecule has 74 valence electrons. The van der Waals surface area contributed by atoms with Gasteiger partial charge < -0.3 is 10.8 Å². The van der Waals surface area contributed by atoms with Crippen LogP contribution in [-0.4, -0.2) is 18.3 Å². The lowest BCUT2D eigenvalue weighted by molar-refractivity contribution is 0.0755. The summed E-state index contributed by atoms with van der Waals surface area (Å²) in [5.41, 5.74) is 5.77. The van der Waals surface area contributed by atoms with Crippen LogP contribution in [0.25, 0.3) is 0 Å². The Kier molecular flexibility index (Phi) is 5.14. The molecule has 0 aliphatic heterocycles. The maximum absolute atomic E-state index is 9.12. The fraction of sp³-hybridized carbons (Fsp3) is 1.00. The van der Waals surface area contributed by atoms with Crippen molar-refractivity contribution in [1.29, 1.82) is 0 Å². The van der Waals surface area contributed by atoms with E-state index in [1.54, 1.807) is 0 Å². The van der Waals surface area contributed by atoms with Gasteiger partial charge in [-0.1, -0.05) is 13.3 Å². The van der Waals surface area contributed by atoms with Crippen LogP contribution in [0.15, 0.2) is 0 Å². The van der Waals surface area contributed by atoms with Crippen molar-refractivity contribution in [2.24, 2.45) is 17.1 Å². The Bertz CT molecular complexity index is 132. The van der Waals surface area contributed by atoms with E-state index >= 15 is 0 Å². The zero-order valence-corrected chi connectivity index (χ0v) is 8.57. The predicted octanol–water partition coefficient (Wildman–Crippen LogP) is 1.56. The Hall–Kier alpha value is 0.210. The molecule has 3 N–H and O–H groups in total. The minimum atomic E-state index is 0. The molecule has 0 heterocycles. The maximum atomic E-state index is 9.12. The average Bonchev–Trinajstić information content (AvgIpc) is 2.05. The van der Waals surface area contributed by atoms with Crippen molar-refractivity contribution in [3.8, 4) is 0 Å². The van der Waals surface area contributed by atoms with E-state index in [9.17, 15) is 0 Å². The molecule has 12 heavy (non-hydrogen) atoms.